The van der Waals surface area contributed by atoms with E-state index in [0.29, 0.717) is 0 Å². The summed E-state index contributed by atoms with van der Waals surface area (Å²) in [5.41, 5.74) is 2.47. The Balaban J connectivity index is 2.50. The Morgan fingerprint density at radius 2 is 2.12 bits per heavy atom. The first-order chi connectivity index (χ1) is 7.81. The number of nitrogens with one attached hydrogen (secondary N) is 1. The van der Waals surface area contributed by atoms with Gasteiger partial charge < -0.3 is 10.4 Å². The van der Waals surface area contributed by atoms with Crippen LogP contribution in [-0.4, -0.2) is 27.5 Å². The fourth-order valence-electron chi connectivity index (χ4n) is 2.02. The molecular weight excluding hydrogens is 214 g/mol. The normalized spacial score (nSPS) is 14.0. The molecule has 1 aromatic rings. The first-order valence-corrected chi connectivity index (χ1v) is 6.15. The van der Waals surface area contributed by atoms with Crippen LogP contribution in [0.2, 0.25) is 0 Å². The highest BCUT2D eigenvalue weighted by atomic mass is 16.3. The third kappa shape index (κ3) is 4.88. The Hall–Kier alpha value is -0.870. The van der Waals surface area contributed by atoms with Crippen molar-refractivity contribution in [1.82, 2.24) is 15.1 Å². The van der Waals surface area contributed by atoms with E-state index in [2.05, 4.69) is 31.2 Å². The highest BCUT2D eigenvalue weighted by Gasteiger charge is 2.18. The van der Waals surface area contributed by atoms with Crippen LogP contribution >= 0.6 is 0 Å². The van der Waals surface area contributed by atoms with Crippen molar-refractivity contribution in [2.75, 3.05) is 6.61 Å². The van der Waals surface area contributed by atoms with Gasteiger partial charge in [-0.1, -0.05) is 20.8 Å². The third-order valence-corrected chi connectivity index (χ3v) is 2.78. The van der Waals surface area contributed by atoms with Crippen LogP contribution in [-0.2, 0) is 13.6 Å². The van der Waals surface area contributed by atoms with E-state index in [1.165, 1.54) is 5.56 Å². The first-order valence-electron chi connectivity index (χ1n) is 6.15. The van der Waals surface area contributed by atoms with E-state index in [4.69, 9.17) is 0 Å². The zero-order valence-corrected chi connectivity index (χ0v) is 11.6. The molecule has 0 radical (unpaired) electrons. The van der Waals surface area contributed by atoms with Crippen molar-refractivity contribution in [3.05, 3.63) is 17.5 Å². The predicted molar refractivity (Wildman–Crippen MR) is 69.7 cm³/mol. The van der Waals surface area contributed by atoms with Gasteiger partial charge in [0.2, 0.25) is 0 Å². The minimum atomic E-state index is 0.148. The van der Waals surface area contributed by atoms with Crippen molar-refractivity contribution in [2.45, 2.75) is 46.7 Å². The van der Waals surface area contributed by atoms with Crippen LogP contribution in [0.15, 0.2) is 6.20 Å². The van der Waals surface area contributed by atoms with Crippen LogP contribution in [0.3, 0.4) is 0 Å². The van der Waals surface area contributed by atoms with Gasteiger partial charge in [-0.25, -0.2) is 0 Å². The van der Waals surface area contributed by atoms with E-state index >= 15 is 0 Å². The highest BCUT2D eigenvalue weighted by Crippen LogP contribution is 2.20. The number of rotatable bonds is 5. The van der Waals surface area contributed by atoms with Crippen molar-refractivity contribution in [2.24, 2.45) is 12.5 Å². The summed E-state index contributed by atoms with van der Waals surface area (Å²) >= 11 is 0. The van der Waals surface area contributed by atoms with Gasteiger partial charge in [0.25, 0.3) is 0 Å². The molecular formula is C13H25N3O. The van der Waals surface area contributed by atoms with Gasteiger partial charge in [0.05, 0.1) is 12.3 Å². The summed E-state index contributed by atoms with van der Waals surface area (Å²) in [5, 5.41) is 17.1. The van der Waals surface area contributed by atoms with Gasteiger partial charge in [0.1, 0.15) is 0 Å². The van der Waals surface area contributed by atoms with Crippen LogP contribution in [0.5, 0.6) is 0 Å². The second kappa shape index (κ2) is 5.65. The lowest BCUT2D eigenvalue weighted by atomic mass is 9.88. The van der Waals surface area contributed by atoms with Crippen LogP contribution in [0, 0.1) is 12.3 Å². The molecule has 1 atom stereocenters. The monoisotopic (exact) mass is 239 g/mol. The Kier molecular flexibility index (Phi) is 4.71. The molecule has 0 spiro atoms. The second-order valence-corrected chi connectivity index (χ2v) is 5.94. The number of nitrogens with zero attached hydrogens (tertiary/aromatic N) is 2. The van der Waals surface area contributed by atoms with Gasteiger partial charge >= 0.3 is 0 Å². The molecule has 4 heteroatoms. The molecule has 0 aliphatic heterocycles. The minimum Gasteiger partial charge on any atom is -0.395 e. The lowest BCUT2D eigenvalue weighted by molar-refractivity contribution is 0.198. The second-order valence-electron chi connectivity index (χ2n) is 5.94. The Labute approximate surface area is 104 Å². The van der Waals surface area contributed by atoms with Crippen molar-refractivity contribution in [3.63, 3.8) is 0 Å². The van der Waals surface area contributed by atoms with Crippen molar-refractivity contribution in [3.8, 4) is 0 Å². The maximum absolute atomic E-state index is 9.36. The summed E-state index contributed by atoms with van der Waals surface area (Å²) in [6.07, 6.45) is 2.98. The molecule has 0 fully saturated rings. The predicted octanol–water partition coefficient (Wildman–Crippen LogP) is 1.62. The number of aliphatic hydroxyl groups is 1. The Bertz CT molecular complexity index is 352. The van der Waals surface area contributed by atoms with Crippen LogP contribution in [0.25, 0.3) is 0 Å². The molecule has 0 saturated heterocycles. The molecule has 0 aliphatic carbocycles. The molecule has 0 aromatic carbocycles. The summed E-state index contributed by atoms with van der Waals surface area (Å²) in [5.74, 6) is 0. The number of aryl methyl sites for hydroxylation is 2. The van der Waals surface area contributed by atoms with Crippen LogP contribution < -0.4 is 5.32 Å². The third-order valence-electron chi connectivity index (χ3n) is 2.78. The lowest BCUT2D eigenvalue weighted by Crippen LogP contribution is -2.35. The SMILES string of the molecule is Cc1nn(C)cc1CNC(CO)CC(C)(C)C. The number of aromatic nitrogens is 2. The summed E-state index contributed by atoms with van der Waals surface area (Å²) in [4.78, 5) is 0. The van der Waals surface area contributed by atoms with Crippen LogP contribution in [0.1, 0.15) is 38.4 Å². The molecule has 0 amide bonds. The lowest BCUT2D eigenvalue weighted by Gasteiger charge is -2.25. The topological polar surface area (TPSA) is 50.1 Å². The molecule has 0 bridgehead atoms. The molecule has 0 saturated carbocycles. The minimum absolute atomic E-state index is 0.148. The quantitative estimate of drug-likeness (QED) is 0.821. The number of hydrogen-bond donors (Lipinski definition) is 2. The molecule has 2 N–H and O–H groups in total. The van der Waals surface area contributed by atoms with Crippen molar-refractivity contribution < 1.29 is 5.11 Å². The van der Waals surface area contributed by atoms with E-state index in [9.17, 15) is 5.11 Å². The first kappa shape index (κ1) is 14.2. The van der Waals surface area contributed by atoms with Gasteiger partial charge in [-0.05, 0) is 18.8 Å². The average molecular weight is 239 g/mol. The molecule has 1 heterocycles. The van der Waals surface area contributed by atoms with Gasteiger partial charge in [0, 0.05) is 31.4 Å². The zero-order chi connectivity index (χ0) is 13.1. The summed E-state index contributed by atoms with van der Waals surface area (Å²) in [6, 6.07) is 0.148. The van der Waals surface area contributed by atoms with Crippen LogP contribution in [0.4, 0.5) is 0 Å². The van der Waals surface area contributed by atoms with E-state index in [1.807, 2.05) is 24.9 Å². The molecule has 4 nitrogen and oxygen atoms in total. The molecule has 1 rings (SSSR count). The van der Waals surface area contributed by atoms with Crippen molar-refractivity contribution in [1.29, 1.82) is 0 Å². The largest absolute Gasteiger partial charge is 0.395 e. The average Bonchev–Trinajstić information content (AvgIpc) is 2.50. The summed E-state index contributed by atoms with van der Waals surface area (Å²) in [6.45, 7) is 9.51. The maximum Gasteiger partial charge on any atom is 0.0638 e. The maximum atomic E-state index is 9.36. The molecule has 17 heavy (non-hydrogen) atoms. The fraction of sp³-hybridized carbons (Fsp3) is 0.769. The Morgan fingerprint density at radius 3 is 2.53 bits per heavy atom. The summed E-state index contributed by atoms with van der Waals surface area (Å²) < 4.78 is 1.82. The van der Waals surface area contributed by atoms with E-state index in [0.717, 1.165) is 18.7 Å². The smallest absolute Gasteiger partial charge is 0.0638 e. The Morgan fingerprint density at radius 1 is 1.47 bits per heavy atom. The zero-order valence-electron chi connectivity index (χ0n) is 11.6. The number of hydrogen-bond acceptors (Lipinski definition) is 3. The van der Waals surface area contributed by atoms with Gasteiger partial charge in [-0.3, -0.25) is 4.68 Å². The van der Waals surface area contributed by atoms with E-state index < -0.39 is 0 Å². The molecule has 98 valence electrons. The fourth-order valence-corrected chi connectivity index (χ4v) is 2.02. The molecule has 1 aromatic heterocycles. The van der Waals surface area contributed by atoms with Crippen molar-refractivity contribution >= 4 is 0 Å². The molecule has 0 aliphatic rings. The van der Waals surface area contributed by atoms with Gasteiger partial charge in [-0.2, -0.15) is 5.10 Å². The van der Waals surface area contributed by atoms with Gasteiger partial charge in [0.15, 0.2) is 0 Å². The molecule has 1 unspecified atom stereocenters. The standard InChI is InChI=1S/C13H25N3O/c1-10-11(8-16(5)15-10)7-14-12(9-17)6-13(2,3)4/h8,12,14,17H,6-7,9H2,1-5H3. The number of aliphatic hydroxyl groups excluding tert-OH is 1. The highest BCUT2D eigenvalue weighted by molar-refractivity contribution is 5.14. The van der Waals surface area contributed by atoms with E-state index in [1.54, 1.807) is 0 Å². The van der Waals surface area contributed by atoms with E-state index in [-0.39, 0.29) is 18.1 Å². The summed E-state index contributed by atoms with van der Waals surface area (Å²) in [7, 11) is 1.93. The van der Waals surface area contributed by atoms with Gasteiger partial charge in [-0.15, -0.1) is 0 Å².